The van der Waals surface area contributed by atoms with Gasteiger partial charge in [-0.3, -0.25) is 14.4 Å². The summed E-state index contributed by atoms with van der Waals surface area (Å²) in [5, 5.41) is 6.14. The molecule has 0 aromatic heterocycles. The third-order valence-electron chi connectivity index (χ3n) is 6.03. The fraction of sp³-hybridized carbons (Fsp3) is 0.222. The number of amides is 3. The molecule has 1 fully saturated rings. The number of nitrogens with zero attached hydrogens (tertiary/aromatic N) is 1. The first-order chi connectivity index (χ1) is 17.9. The molecule has 2 aliphatic rings. The Hall–Kier alpha value is -4.24. The van der Waals surface area contributed by atoms with Gasteiger partial charge in [-0.05, 0) is 60.2 Å². The van der Waals surface area contributed by atoms with Gasteiger partial charge in [-0.15, -0.1) is 0 Å². The molecule has 1 atom stereocenters. The van der Waals surface area contributed by atoms with Crippen LogP contribution in [-0.2, 0) is 20.9 Å². The van der Waals surface area contributed by atoms with Gasteiger partial charge >= 0.3 is 0 Å². The lowest BCUT2D eigenvalue weighted by Gasteiger charge is -2.17. The van der Waals surface area contributed by atoms with Crippen molar-refractivity contribution in [1.82, 2.24) is 5.32 Å². The van der Waals surface area contributed by atoms with E-state index in [1.165, 1.54) is 0 Å². The number of rotatable bonds is 8. The molecule has 3 aromatic carbocycles. The number of carbonyl (C=O) groups is 3. The molecule has 3 amide bonds. The molecule has 0 spiro atoms. The van der Waals surface area contributed by atoms with Gasteiger partial charge in [0.2, 0.25) is 18.6 Å². The maximum atomic E-state index is 12.7. The molecule has 9 nitrogen and oxygen atoms in total. The molecule has 2 aliphatic heterocycles. The molecular weight excluding hydrogens is 498 g/mol. The molecule has 10 heteroatoms. The van der Waals surface area contributed by atoms with E-state index in [0.29, 0.717) is 40.2 Å². The molecule has 0 radical (unpaired) electrons. The SMILES string of the molecule is O=C(COc1ccc(N2C[C@@H](C(=O)NCc3ccc4c(c3)OCO4)CC2=O)cc1)Nc1cccc(Cl)c1. The number of hydrogen-bond acceptors (Lipinski definition) is 6. The fourth-order valence-electron chi connectivity index (χ4n) is 4.15. The van der Waals surface area contributed by atoms with Crippen LogP contribution in [0.4, 0.5) is 11.4 Å². The number of anilines is 2. The minimum atomic E-state index is -0.451. The van der Waals surface area contributed by atoms with Gasteiger partial charge in [-0.2, -0.15) is 0 Å². The number of hydrogen-bond donors (Lipinski definition) is 2. The quantitative estimate of drug-likeness (QED) is 0.467. The van der Waals surface area contributed by atoms with Crippen molar-refractivity contribution in [2.45, 2.75) is 13.0 Å². The van der Waals surface area contributed by atoms with Gasteiger partial charge in [0.05, 0.1) is 5.92 Å². The van der Waals surface area contributed by atoms with Crippen molar-refractivity contribution in [3.05, 3.63) is 77.3 Å². The van der Waals surface area contributed by atoms with Gasteiger partial charge in [-0.1, -0.05) is 23.7 Å². The fourth-order valence-corrected chi connectivity index (χ4v) is 4.34. The summed E-state index contributed by atoms with van der Waals surface area (Å²) in [5.41, 5.74) is 2.13. The lowest BCUT2D eigenvalue weighted by molar-refractivity contribution is -0.126. The third kappa shape index (κ3) is 5.95. The zero-order chi connectivity index (χ0) is 25.8. The smallest absolute Gasteiger partial charge is 0.262 e. The van der Waals surface area contributed by atoms with Gasteiger partial charge in [0.25, 0.3) is 5.91 Å². The van der Waals surface area contributed by atoms with E-state index in [9.17, 15) is 14.4 Å². The van der Waals surface area contributed by atoms with E-state index >= 15 is 0 Å². The van der Waals surface area contributed by atoms with Crippen LogP contribution in [0.1, 0.15) is 12.0 Å². The Morgan fingerprint density at radius 3 is 2.65 bits per heavy atom. The lowest BCUT2D eigenvalue weighted by Crippen LogP contribution is -2.32. The zero-order valence-electron chi connectivity index (χ0n) is 19.7. The average molecular weight is 522 g/mol. The summed E-state index contributed by atoms with van der Waals surface area (Å²) in [6, 6.07) is 19.2. The minimum absolute atomic E-state index is 0.127. The summed E-state index contributed by atoms with van der Waals surface area (Å²) < 4.78 is 16.2. The molecule has 1 saturated heterocycles. The van der Waals surface area contributed by atoms with Gasteiger partial charge < -0.3 is 29.7 Å². The summed E-state index contributed by atoms with van der Waals surface area (Å²) in [5.74, 6) is 0.738. The summed E-state index contributed by atoms with van der Waals surface area (Å²) in [7, 11) is 0. The van der Waals surface area contributed by atoms with Gasteiger partial charge in [-0.25, -0.2) is 0 Å². The predicted molar refractivity (Wildman–Crippen MR) is 137 cm³/mol. The van der Waals surface area contributed by atoms with E-state index in [-0.39, 0.29) is 44.1 Å². The molecule has 3 aromatic rings. The summed E-state index contributed by atoms with van der Waals surface area (Å²) >= 11 is 5.92. The van der Waals surface area contributed by atoms with Crippen LogP contribution < -0.4 is 29.7 Å². The topological polar surface area (TPSA) is 106 Å². The van der Waals surface area contributed by atoms with Crippen molar-refractivity contribution in [1.29, 1.82) is 0 Å². The Bertz CT molecular complexity index is 1330. The van der Waals surface area contributed by atoms with E-state index in [4.69, 9.17) is 25.8 Å². The maximum absolute atomic E-state index is 12.7. The molecule has 190 valence electrons. The molecule has 2 N–H and O–H groups in total. The first kappa shape index (κ1) is 24.5. The van der Waals surface area contributed by atoms with Crippen molar-refractivity contribution in [3.63, 3.8) is 0 Å². The van der Waals surface area contributed by atoms with Crippen LogP contribution in [0, 0.1) is 5.92 Å². The number of carbonyl (C=O) groups excluding carboxylic acids is 3. The van der Waals surface area contributed by atoms with Crippen LogP contribution in [-0.4, -0.2) is 37.7 Å². The summed E-state index contributed by atoms with van der Waals surface area (Å²) in [4.78, 5) is 39.0. The molecule has 0 aliphatic carbocycles. The first-order valence-electron chi connectivity index (χ1n) is 11.7. The lowest BCUT2D eigenvalue weighted by atomic mass is 10.1. The number of ether oxygens (including phenoxy) is 3. The van der Waals surface area contributed by atoms with Crippen molar-refractivity contribution < 1.29 is 28.6 Å². The molecule has 0 bridgehead atoms. The van der Waals surface area contributed by atoms with Crippen molar-refractivity contribution in [2.75, 3.05) is 30.2 Å². The second kappa shape index (κ2) is 10.8. The minimum Gasteiger partial charge on any atom is -0.484 e. The largest absolute Gasteiger partial charge is 0.484 e. The van der Waals surface area contributed by atoms with Gasteiger partial charge in [0, 0.05) is 35.9 Å². The third-order valence-corrected chi connectivity index (χ3v) is 6.26. The van der Waals surface area contributed by atoms with E-state index < -0.39 is 5.92 Å². The molecule has 2 heterocycles. The Morgan fingerprint density at radius 2 is 1.84 bits per heavy atom. The van der Waals surface area contributed by atoms with E-state index in [1.807, 2.05) is 18.2 Å². The molecule has 5 rings (SSSR count). The number of benzene rings is 3. The van der Waals surface area contributed by atoms with Crippen LogP contribution in [0.3, 0.4) is 0 Å². The highest BCUT2D eigenvalue weighted by Crippen LogP contribution is 2.32. The van der Waals surface area contributed by atoms with E-state index in [1.54, 1.807) is 53.4 Å². The van der Waals surface area contributed by atoms with E-state index in [0.717, 1.165) is 5.56 Å². The standard InChI is InChI=1S/C27H24ClN3O6/c28-19-2-1-3-20(12-19)30-25(32)15-35-22-7-5-21(6-8-22)31-14-18(11-26(31)33)27(34)29-13-17-4-9-23-24(10-17)37-16-36-23/h1-10,12,18H,11,13-16H2,(H,29,34)(H,30,32)/t18-/m0/s1. The Labute approximate surface area is 218 Å². The molecule has 37 heavy (non-hydrogen) atoms. The van der Waals surface area contributed by atoms with Crippen molar-refractivity contribution in [3.8, 4) is 17.2 Å². The number of halogens is 1. The summed E-state index contributed by atoms with van der Waals surface area (Å²) in [6.45, 7) is 0.628. The molecular formula is C27H24ClN3O6. The van der Waals surface area contributed by atoms with Gasteiger partial charge in [0.15, 0.2) is 18.1 Å². The Balaban J connectivity index is 1.10. The number of nitrogens with one attached hydrogen (secondary N) is 2. The van der Waals surface area contributed by atoms with Crippen LogP contribution >= 0.6 is 11.6 Å². The molecule has 0 saturated carbocycles. The molecule has 0 unspecified atom stereocenters. The zero-order valence-corrected chi connectivity index (χ0v) is 20.5. The van der Waals surface area contributed by atoms with Crippen LogP contribution in [0.5, 0.6) is 17.2 Å². The number of fused-ring (bicyclic) bond motifs is 1. The summed E-state index contributed by atoms with van der Waals surface area (Å²) in [6.07, 6.45) is 0.134. The van der Waals surface area contributed by atoms with Crippen LogP contribution in [0.15, 0.2) is 66.7 Å². The van der Waals surface area contributed by atoms with Crippen LogP contribution in [0.25, 0.3) is 0 Å². The normalized spacial score (nSPS) is 16.0. The highest BCUT2D eigenvalue weighted by Gasteiger charge is 2.35. The monoisotopic (exact) mass is 521 g/mol. The Morgan fingerprint density at radius 1 is 1.03 bits per heavy atom. The second-order valence-corrected chi connectivity index (χ2v) is 9.09. The second-order valence-electron chi connectivity index (χ2n) is 8.65. The Kier molecular flexibility index (Phi) is 7.14. The van der Waals surface area contributed by atoms with Gasteiger partial charge in [0.1, 0.15) is 5.75 Å². The highest BCUT2D eigenvalue weighted by atomic mass is 35.5. The maximum Gasteiger partial charge on any atom is 0.262 e. The average Bonchev–Trinajstić information content (AvgIpc) is 3.52. The highest BCUT2D eigenvalue weighted by molar-refractivity contribution is 6.30. The van der Waals surface area contributed by atoms with Crippen molar-refractivity contribution >= 4 is 40.7 Å². The van der Waals surface area contributed by atoms with E-state index in [2.05, 4.69) is 10.6 Å². The van der Waals surface area contributed by atoms with Crippen molar-refractivity contribution in [2.24, 2.45) is 5.92 Å². The van der Waals surface area contributed by atoms with Crippen LogP contribution in [0.2, 0.25) is 5.02 Å². The predicted octanol–water partition coefficient (Wildman–Crippen LogP) is 3.76. The first-order valence-corrected chi connectivity index (χ1v) is 12.1.